The number of hydrogen-bond acceptors (Lipinski definition) is 1. The second-order valence-electron chi connectivity index (χ2n) is 3.98. The maximum atomic E-state index is 2.63. The van der Waals surface area contributed by atoms with Crippen LogP contribution < -0.4 is 0 Å². The molecule has 2 aliphatic rings. The number of nitrogens with zero attached hydrogens (tertiary/aromatic N) is 1. The zero-order valence-electron chi connectivity index (χ0n) is 7.09. The third kappa shape index (κ3) is 1.57. The van der Waals surface area contributed by atoms with Crippen LogP contribution in [0.1, 0.15) is 26.2 Å². The minimum atomic E-state index is 0.748. The average molecular weight is 265 g/mol. The van der Waals surface area contributed by atoms with E-state index in [1.807, 2.05) is 0 Å². The fraction of sp³-hybridized carbons (Fsp3) is 1.00. The van der Waals surface area contributed by atoms with Gasteiger partial charge in [0.25, 0.3) is 0 Å². The van der Waals surface area contributed by atoms with Gasteiger partial charge in [0.15, 0.2) is 0 Å². The van der Waals surface area contributed by atoms with Crippen LogP contribution in [0.5, 0.6) is 0 Å². The fourth-order valence-corrected chi connectivity index (χ4v) is 3.02. The SMILES string of the molecule is CC(I)N1C[C@H]2CCC[C@H]2C1. The summed E-state index contributed by atoms with van der Waals surface area (Å²) in [6.45, 7) is 5.07. The van der Waals surface area contributed by atoms with Crippen LogP contribution in [0.4, 0.5) is 0 Å². The highest BCUT2D eigenvalue weighted by molar-refractivity contribution is 14.1. The Balaban J connectivity index is 1.94. The van der Waals surface area contributed by atoms with E-state index < -0.39 is 0 Å². The van der Waals surface area contributed by atoms with Crippen molar-refractivity contribution in [1.29, 1.82) is 0 Å². The van der Waals surface area contributed by atoms with Crippen molar-refractivity contribution >= 4 is 22.6 Å². The predicted octanol–water partition coefficient (Wildman–Crippen LogP) is 2.50. The van der Waals surface area contributed by atoms with Gasteiger partial charge in [-0.1, -0.05) is 29.0 Å². The maximum absolute atomic E-state index is 2.63. The monoisotopic (exact) mass is 265 g/mol. The molecule has 0 bridgehead atoms. The quantitative estimate of drug-likeness (QED) is 0.400. The second kappa shape index (κ2) is 3.21. The molecule has 1 saturated heterocycles. The van der Waals surface area contributed by atoms with E-state index in [4.69, 9.17) is 0 Å². The Bertz CT molecular complexity index is 134. The Hall–Kier alpha value is 0.690. The van der Waals surface area contributed by atoms with Gasteiger partial charge in [-0.15, -0.1) is 0 Å². The Morgan fingerprint density at radius 1 is 1.27 bits per heavy atom. The highest BCUT2D eigenvalue weighted by Crippen LogP contribution is 2.38. The summed E-state index contributed by atoms with van der Waals surface area (Å²) in [7, 11) is 0. The molecule has 0 N–H and O–H groups in total. The van der Waals surface area contributed by atoms with Crippen LogP contribution in [0.2, 0.25) is 0 Å². The first-order valence-corrected chi connectivity index (χ1v) is 5.90. The van der Waals surface area contributed by atoms with Gasteiger partial charge in [0.1, 0.15) is 0 Å². The minimum absolute atomic E-state index is 0.748. The van der Waals surface area contributed by atoms with Crippen molar-refractivity contribution in [3.8, 4) is 0 Å². The number of rotatable bonds is 1. The lowest BCUT2D eigenvalue weighted by Gasteiger charge is -2.19. The zero-order chi connectivity index (χ0) is 7.84. The number of halogens is 1. The molecule has 0 aromatic rings. The van der Waals surface area contributed by atoms with Gasteiger partial charge in [0.2, 0.25) is 0 Å². The van der Waals surface area contributed by atoms with Crippen molar-refractivity contribution in [2.45, 2.75) is 30.2 Å². The Labute approximate surface area is 82.7 Å². The molecule has 0 aromatic carbocycles. The predicted molar refractivity (Wildman–Crippen MR) is 55.9 cm³/mol. The summed E-state index contributed by atoms with van der Waals surface area (Å²) >= 11 is 2.53. The molecule has 1 unspecified atom stereocenters. The molecule has 64 valence electrons. The maximum Gasteiger partial charge on any atom is 0.0590 e. The lowest BCUT2D eigenvalue weighted by molar-refractivity contribution is 0.315. The van der Waals surface area contributed by atoms with Crippen LogP contribution in [0.25, 0.3) is 0 Å². The molecule has 1 heterocycles. The van der Waals surface area contributed by atoms with E-state index in [0.717, 1.165) is 15.9 Å². The largest absolute Gasteiger partial charge is 0.291 e. The molecule has 11 heavy (non-hydrogen) atoms. The third-order valence-electron chi connectivity index (χ3n) is 3.26. The molecule has 0 spiro atoms. The lowest BCUT2D eigenvalue weighted by Crippen LogP contribution is -2.26. The second-order valence-corrected chi connectivity index (χ2v) is 5.78. The molecule has 1 aliphatic heterocycles. The summed E-state index contributed by atoms with van der Waals surface area (Å²) < 4.78 is 0.748. The summed E-state index contributed by atoms with van der Waals surface area (Å²) in [6.07, 6.45) is 4.51. The molecule has 3 atom stereocenters. The van der Waals surface area contributed by atoms with Gasteiger partial charge in [-0.25, -0.2) is 0 Å². The van der Waals surface area contributed by atoms with Gasteiger partial charge < -0.3 is 0 Å². The van der Waals surface area contributed by atoms with E-state index in [0.29, 0.717) is 0 Å². The Kier molecular flexibility index (Phi) is 2.42. The first kappa shape index (κ1) is 8.30. The molecule has 1 aliphatic carbocycles. The van der Waals surface area contributed by atoms with Crippen LogP contribution in [0.3, 0.4) is 0 Å². The van der Waals surface area contributed by atoms with Crippen molar-refractivity contribution in [3.63, 3.8) is 0 Å². The van der Waals surface area contributed by atoms with E-state index in [-0.39, 0.29) is 0 Å². The van der Waals surface area contributed by atoms with E-state index in [2.05, 4.69) is 34.4 Å². The summed E-state index contributed by atoms with van der Waals surface area (Å²) in [5.74, 6) is 2.12. The molecule has 2 rings (SSSR count). The molecule has 0 amide bonds. The molecular formula is C9H16IN. The van der Waals surface area contributed by atoms with Crippen molar-refractivity contribution < 1.29 is 0 Å². The smallest absolute Gasteiger partial charge is 0.0590 e. The van der Waals surface area contributed by atoms with Crippen molar-refractivity contribution in [3.05, 3.63) is 0 Å². The van der Waals surface area contributed by atoms with Crippen LogP contribution >= 0.6 is 22.6 Å². The van der Waals surface area contributed by atoms with Gasteiger partial charge in [0, 0.05) is 13.1 Å². The summed E-state index contributed by atoms with van der Waals surface area (Å²) in [5, 5.41) is 0. The van der Waals surface area contributed by atoms with E-state index in [1.54, 1.807) is 0 Å². The van der Waals surface area contributed by atoms with Crippen molar-refractivity contribution in [2.24, 2.45) is 11.8 Å². The first-order valence-electron chi connectivity index (χ1n) is 4.65. The zero-order valence-corrected chi connectivity index (χ0v) is 9.25. The van der Waals surface area contributed by atoms with Crippen LogP contribution in [-0.2, 0) is 0 Å². The van der Waals surface area contributed by atoms with Crippen LogP contribution in [0.15, 0.2) is 0 Å². The highest BCUT2D eigenvalue weighted by atomic mass is 127. The standard InChI is InChI=1S/C9H16IN/c1-7(10)11-5-8-3-2-4-9(8)6-11/h7-9H,2-6H2,1H3/t7?,8-,9+. The molecule has 1 nitrogen and oxygen atoms in total. The van der Waals surface area contributed by atoms with Gasteiger partial charge in [-0.05, 0) is 31.6 Å². The number of alkyl halides is 1. The topological polar surface area (TPSA) is 3.24 Å². The van der Waals surface area contributed by atoms with E-state index in [9.17, 15) is 0 Å². The first-order chi connectivity index (χ1) is 5.27. The number of fused-ring (bicyclic) bond motifs is 1. The highest BCUT2D eigenvalue weighted by Gasteiger charge is 2.36. The minimum Gasteiger partial charge on any atom is -0.291 e. The Morgan fingerprint density at radius 3 is 2.27 bits per heavy atom. The summed E-state index contributed by atoms with van der Waals surface area (Å²) in [5.41, 5.74) is 0. The van der Waals surface area contributed by atoms with E-state index >= 15 is 0 Å². The molecule has 2 fully saturated rings. The Morgan fingerprint density at radius 2 is 1.82 bits per heavy atom. The molecular weight excluding hydrogens is 249 g/mol. The third-order valence-corrected chi connectivity index (χ3v) is 4.05. The average Bonchev–Trinajstić information content (AvgIpc) is 2.40. The fourth-order valence-electron chi connectivity index (χ4n) is 2.56. The molecule has 1 saturated carbocycles. The van der Waals surface area contributed by atoms with Gasteiger partial charge in [0.05, 0.1) is 4.05 Å². The lowest BCUT2D eigenvalue weighted by atomic mass is 10.0. The molecule has 0 radical (unpaired) electrons. The normalized spacial score (nSPS) is 40.9. The van der Waals surface area contributed by atoms with Gasteiger partial charge >= 0.3 is 0 Å². The summed E-state index contributed by atoms with van der Waals surface area (Å²) in [6, 6.07) is 0. The van der Waals surface area contributed by atoms with Crippen LogP contribution in [0, 0.1) is 11.8 Å². The number of hydrogen-bond donors (Lipinski definition) is 0. The molecule has 2 heteroatoms. The van der Waals surface area contributed by atoms with Crippen LogP contribution in [-0.4, -0.2) is 22.0 Å². The molecule has 0 aromatic heterocycles. The van der Waals surface area contributed by atoms with Crippen molar-refractivity contribution in [2.75, 3.05) is 13.1 Å². The van der Waals surface area contributed by atoms with Gasteiger partial charge in [-0.2, -0.15) is 0 Å². The number of likely N-dealkylation sites (tertiary alicyclic amines) is 1. The van der Waals surface area contributed by atoms with E-state index in [1.165, 1.54) is 32.4 Å². The summed E-state index contributed by atoms with van der Waals surface area (Å²) in [4.78, 5) is 2.63. The van der Waals surface area contributed by atoms with Crippen molar-refractivity contribution in [1.82, 2.24) is 4.90 Å². The van der Waals surface area contributed by atoms with Gasteiger partial charge in [-0.3, -0.25) is 4.90 Å².